The molecule has 2 heterocycles. The molecule has 1 saturated heterocycles. The third-order valence-corrected chi connectivity index (χ3v) is 3.34. The summed E-state index contributed by atoms with van der Waals surface area (Å²) in [6.07, 6.45) is 1.52. The highest BCUT2D eigenvalue weighted by Crippen LogP contribution is 2.14. The number of amides is 2. The van der Waals surface area contributed by atoms with Crippen LogP contribution >= 0.6 is 0 Å². The first-order valence-electron chi connectivity index (χ1n) is 6.57. The summed E-state index contributed by atoms with van der Waals surface area (Å²) in [4.78, 5) is 38.9. The average molecular weight is 278 g/mol. The molecule has 0 aromatic carbocycles. The summed E-state index contributed by atoms with van der Waals surface area (Å²) in [6.45, 7) is 1.44. The van der Waals surface area contributed by atoms with E-state index < -0.39 is 5.91 Å². The molecule has 0 radical (unpaired) electrons. The van der Waals surface area contributed by atoms with Crippen molar-refractivity contribution < 1.29 is 9.59 Å². The first kappa shape index (κ1) is 14.3. The quantitative estimate of drug-likeness (QED) is 0.660. The summed E-state index contributed by atoms with van der Waals surface area (Å²) in [5, 5.41) is 3.20. The minimum atomic E-state index is -0.560. The number of piperidine rings is 1. The molecule has 0 atom stereocenters. The van der Waals surface area contributed by atoms with Crippen LogP contribution in [0, 0.1) is 0 Å². The number of aromatic amines is 1. The Morgan fingerprint density at radius 2 is 2.00 bits per heavy atom. The third-order valence-electron chi connectivity index (χ3n) is 3.34. The topological polar surface area (TPSA) is 108 Å². The van der Waals surface area contributed by atoms with Crippen LogP contribution in [0.25, 0.3) is 0 Å². The van der Waals surface area contributed by atoms with Crippen molar-refractivity contribution in [1.82, 2.24) is 15.2 Å². The van der Waals surface area contributed by atoms with Crippen LogP contribution in [0.4, 0.5) is 0 Å². The summed E-state index contributed by atoms with van der Waals surface area (Å²) < 4.78 is 0. The van der Waals surface area contributed by atoms with E-state index in [1.165, 1.54) is 23.1 Å². The lowest BCUT2D eigenvalue weighted by atomic mass is 10.0. The van der Waals surface area contributed by atoms with Gasteiger partial charge in [-0.25, -0.2) is 0 Å². The molecule has 1 aliphatic rings. The van der Waals surface area contributed by atoms with Gasteiger partial charge in [-0.3, -0.25) is 14.4 Å². The summed E-state index contributed by atoms with van der Waals surface area (Å²) in [6, 6.07) is 4.33. The number of carbonyl (C=O) groups is 2. The molecule has 7 heteroatoms. The SMILES string of the molecule is NC(=O)CN(C(=O)c1cccc(=O)[nH]1)C1CCNCC1. The van der Waals surface area contributed by atoms with Crippen LogP contribution in [0.2, 0.25) is 0 Å². The Morgan fingerprint density at radius 3 is 2.60 bits per heavy atom. The minimum Gasteiger partial charge on any atom is -0.368 e. The fourth-order valence-electron chi connectivity index (χ4n) is 2.38. The van der Waals surface area contributed by atoms with E-state index in [2.05, 4.69) is 10.3 Å². The largest absolute Gasteiger partial charge is 0.368 e. The molecular formula is C13H18N4O3. The zero-order valence-electron chi connectivity index (χ0n) is 11.1. The molecule has 2 amide bonds. The number of nitrogens with zero attached hydrogens (tertiary/aromatic N) is 1. The van der Waals surface area contributed by atoms with E-state index in [4.69, 9.17) is 5.73 Å². The molecule has 0 aliphatic carbocycles. The van der Waals surface area contributed by atoms with Gasteiger partial charge in [-0.15, -0.1) is 0 Å². The Labute approximate surface area is 116 Å². The minimum absolute atomic E-state index is 0.0417. The molecule has 0 unspecified atom stereocenters. The second-order valence-corrected chi connectivity index (χ2v) is 4.81. The number of nitrogens with two attached hydrogens (primary N) is 1. The number of aromatic nitrogens is 1. The Balaban J connectivity index is 2.23. The molecule has 0 bridgehead atoms. The zero-order valence-corrected chi connectivity index (χ0v) is 11.1. The van der Waals surface area contributed by atoms with E-state index >= 15 is 0 Å². The van der Waals surface area contributed by atoms with Crippen LogP contribution < -0.4 is 16.6 Å². The van der Waals surface area contributed by atoms with Gasteiger partial charge < -0.3 is 20.9 Å². The van der Waals surface area contributed by atoms with Crippen molar-refractivity contribution in [3.8, 4) is 0 Å². The first-order chi connectivity index (χ1) is 9.58. The van der Waals surface area contributed by atoms with Crippen molar-refractivity contribution in [2.24, 2.45) is 5.73 Å². The summed E-state index contributed by atoms with van der Waals surface area (Å²) >= 11 is 0. The van der Waals surface area contributed by atoms with Gasteiger partial charge in [0, 0.05) is 12.1 Å². The number of rotatable bonds is 4. The molecule has 0 spiro atoms. The van der Waals surface area contributed by atoms with E-state index in [0.29, 0.717) is 0 Å². The van der Waals surface area contributed by atoms with Gasteiger partial charge in [0.15, 0.2) is 0 Å². The molecule has 1 aromatic heterocycles. The molecule has 7 nitrogen and oxygen atoms in total. The van der Waals surface area contributed by atoms with Gasteiger partial charge in [0.2, 0.25) is 11.5 Å². The molecule has 20 heavy (non-hydrogen) atoms. The Morgan fingerprint density at radius 1 is 1.30 bits per heavy atom. The van der Waals surface area contributed by atoms with Crippen LogP contribution in [-0.4, -0.2) is 47.4 Å². The van der Waals surface area contributed by atoms with Crippen molar-refractivity contribution in [3.63, 3.8) is 0 Å². The van der Waals surface area contributed by atoms with Crippen molar-refractivity contribution in [3.05, 3.63) is 34.2 Å². The van der Waals surface area contributed by atoms with E-state index in [-0.39, 0.29) is 29.7 Å². The van der Waals surface area contributed by atoms with Crippen LogP contribution in [0.3, 0.4) is 0 Å². The lowest BCUT2D eigenvalue weighted by molar-refractivity contribution is -0.119. The standard InChI is InChI=1S/C13H18N4O3/c14-11(18)8-17(9-4-6-15-7-5-9)13(20)10-2-1-3-12(19)16-10/h1-3,9,15H,4-8H2,(H2,14,18)(H,16,19). The molecule has 1 aromatic rings. The molecule has 4 N–H and O–H groups in total. The maximum Gasteiger partial charge on any atom is 0.271 e. The number of pyridine rings is 1. The van der Waals surface area contributed by atoms with E-state index in [9.17, 15) is 14.4 Å². The van der Waals surface area contributed by atoms with Crippen molar-refractivity contribution in [2.45, 2.75) is 18.9 Å². The number of hydrogen-bond acceptors (Lipinski definition) is 4. The molecule has 108 valence electrons. The van der Waals surface area contributed by atoms with Crippen molar-refractivity contribution in [1.29, 1.82) is 0 Å². The average Bonchev–Trinajstić information content (AvgIpc) is 2.45. The van der Waals surface area contributed by atoms with Crippen molar-refractivity contribution >= 4 is 11.8 Å². The van der Waals surface area contributed by atoms with E-state index in [1.54, 1.807) is 0 Å². The Bertz CT molecular complexity index is 549. The van der Waals surface area contributed by atoms with Crippen LogP contribution in [0.15, 0.2) is 23.0 Å². The highest BCUT2D eigenvalue weighted by molar-refractivity contribution is 5.94. The van der Waals surface area contributed by atoms with Crippen LogP contribution in [-0.2, 0) is 4.79 Å². The molecule has 2 rings (SSSR count). The van der Waals surface area contributed by atoms with E-state index in [1.807, 2.05) is 0 Å². The highest BCUT2D eigenvalue weighted by Gasteiger charge is 2.27. The monoisotopic (exact) mass is 278 g/mol. The van der Waals surface area contributed by atoms with Gasteiger partial charge in [-0.1, -0.05) is 6.07 Å². The van der Waals surface area contributed by atoms with Gasteiger partial charge >= 0.3 is 0 Å². The number of H-pyrrole nitrogens is 1. The van der Waals surface area contributed by atoms with Gasteiger partial charge in [0.05, 0.1) is 6.54 Å². The lowest BCUT2D eigenvalue weighted by Gasteiger charge is -2.33. The van der Waals surface area contributed by atoms with Gasteiger partial charge in [0.1, 0.15) is 5.69 Å². The predicted molar refractivity (Wildman–Crippen MR) is 73.2 cm³/mol. The number of nitrogens with one attached hydrogen (secondary N) is 2. The second kappa shape index (κ2) is 6.33. The number of hydrogen-bond donors (Lipinski definition) is 3. The zero-order chi connectivity index (χ0) is 14.5. The predicted octanol–water partition coefficient (Wildman–Crippen LogP) is -0.946. The number of carbonyl (C=O) groups excluding carboxylic acids is 2. The fraction of sp³-hybridized carbons (Fsp3) is 0.462. The molecular weight excluding hydrogens is 260 g/mol. The Hall–Kier alpha value is -2.15. The Kier molecular flexibility index (Phi) is 4.52. The molecule has 1 aliphatic heterocycles. The summed E-state index contributed by atoms with van der Waals surface area (Å²) in [7, 11) is 0. The lowest BCUT2D eigenvalue weighted by Crippen LogP contribution is -2.49. The van der Waals surface area contributed by atoms with Crippen LogP contribution in [0.1, 0.15) is 23.3 Å². The maximum absolute atomic E-state index is 12.5. The second-order valence-electron chi connectivity index (χ2n) is 4.81. The molecule has 1 fully saturated rings. The summed E-state index contributed by atoms with van der Waals surface area (Å²) in [5.41, 5.74) is 5.06. The third kappa shape index (κ3) is 3.45. The normalized spacial score (nSPS) is 15.8. The van der Waals surface area contributed by atoms with Gasteiger partial charge in [-0.05, 0) is 32.0 Å². The number of primary amides is 1. The summed E-state index contributed by atoms with van der Waals surface area (Å²) in [5.74, 6) is -0.927. The fourth-order valence-corrected chi connectivity index (χ4v) is 2.38. The van der Waals surface area contributed by atoms with E-state index in [0.717, 1.165) is 25.9 Å². The smallest absolute Gasteiger partial charge is 0.271 e. The maximum atomic E-state index is 12.5. The highest BCUT2D eigenvalue weighted by atomic mass is 16.2. The van der Waals surface area contributed by atoms with Gasteiger partial charge in [-0.2, -0.15) is 0 Å². The van der Waals surface area contributed by atoms with Crippen molar-refractivity contribution in [2.75, 3.05) is 19.6 Å². The first-order valence-corrected chi connectivity index (χ1v) is 6.57. The van der Waals surface area contributed by atoms with Gasteiger partial charge in [0.25, 0.3) is 5.91 Å². The van der Waals surface area contributed by atoms with Crippen LogP contribution in [0.5, 0.6) is 0 Å². The molecule has 0 saturated carbocycles.